The molecule has 0 bridgehead atoms. The van der Waals surface area contributed by atoms with Gasteiger partial charge in [0.25, 0.3) is 0 Å². The zero-order valence-electron chi connectivity index (χ0n) is 10.9. The van der Waals surface area contributed by atoms with Crippen LogP contribution in [-0.2, 0) is 0 Å². The molecule has 0 unspecified atom stereocenters. The van der Waals surface area contributed by atoms with E-state index in [1.165, 1.54) is 42.8 Å². The van der Waals surface area contributed by atoms with Crippen molar-refractivity contribution in [2.24, 2.45) is 0 Å². The molecule has 20 heavy (non-hydrogen) atoms. The van der Waals surface area contributed by atoms with Crippen molar-refractivity contribution in [1.82, 2.24) is 0 Å². The summed E-state index contributed by atoms with van der Waals surface area (Å²) < 4.78 is 0. The van der Waals surface area contributed by atoms with E-state index in [1.807, 2.05) is 0 Å². The monoisotopic (exact) mass is 252 g/mol. The van der Waals surface area contributed by atoms with Crippen molar-refractivity contribution in [2.75, 3.05) is 0 Å². The first kappa shape index (κ1) is 10.2. The predicted octanol–water partition coefficient (Wildman–Crippen LogP) is 3.08. The first-order chi connectivity index (χ1) is 9.92. The van der Waals surface area contributed by atoms with E-state index < -0.39 is 0 Å². The molecule has 0 heteroatoms. The molecule has 0 aliphatic heterocycles. The minimum Gasteiger partial charge on any atom is -0.0616 e. The normalized spacial score (nSPS) is 13.6. The van der Waals surface area contributed by atoms with Gasteiger partial charge >= 0.3 is 0 Å². The molecule has 0 saturated heterocycles. The molecule has 0 heterocycles. The summed E-state index contributed by atoms with van der Waals surface area (Å²) in [6.07, 6.45) is 8.88. The third kappa shape index (κ3) is 1.16. The Morgan fingerprint density at radius 1 is 0.700 bits per heavy atom. The lowest BCUT2D eigenvalue weighted by atomic mass is 10.0. The zero-order valence-corrected chi connectivity index (χ0v) is 10.9. The summed E-state index contributed by atoms with van der Waals surface area (Å²) in [6.45, 7) is 0. The minimum absolute atomic E-state index is 1.31. The molecule has 3 aromatic carbocycles. The smallest absolute Gasteiger partial charge is 0.00264 e. The van der Waals surface area contributed by atoms with E-state index in [0.717, 1.165) is 0 Å². The summed E-state index contributed by atoms with van der Waals surface area (Å²) in [5.41, 5.74) is 2.74. The lowest BCUT2D eigenvalue weighted by molar-refractivity contribution is 1.48. The Hall–Kier alpha value is -2.60. The van der Waals surface area contributed by atoms with Crippen molar-refractivity contribution in [1.29, 1.82) is 0 Å². The second kappa shape index (κ2) is 3.49. The Bertz CT molecular complexity index is 1130. The lowest BCUT2D eigenvalue weighted by Crippen LogP contribution is -2.03. The summed E-state index contributed by atoms with van der Waals surface area (Å²) in [5, 5.41) is 8.10. The fraction of sp³-hybridized carbons (Fsp3) is 0. The van der Waals surface area contributed by atoms with Gasteiger partial charge in [0.05, 0.1) is 0 Å². The Morgan fingerprint density at radius 3 is 2.60 bits per heavy atom. The molecule has 3 aromatic rings. The molecule has 92 valence electrons. The molecular formula is C20H12. The van der Waals surface area contributed by atoms with Gasteiger partial charge in [-0.3, -0.25) is 0 Å². The summed E-state index contributed by atoms with van der Waals surface area (Å²) in [4.78, 5) is 0. The Morgan fingerprint density at radius 2 is 1.60 bits per heavy atom. The second-order valence-corrected chi connectivity index (χ2v) is 5.45. The molecule has 0 aromatic heterocycles. The molecule has 0 spiro atoms. The number of benzene rings is 3. The molecular weight excluding hydrogens is 240 g/mol. The summed E-state index contributed by atoms with van der Waals surface area (Å²) in [6, 6.07) is 17.6. The van der Waals surface area contributed by atoms with Crippen molar-refractivity contribution < 1.29 is 0 Å². The highest BCUT2D eigenvalue weighted by Gasteiger charge is 2.10. The standard InChI is InChI=1S/C20H12/c1-2-6-17-14(4-1)8-9-15-12-19-16-7-3-5-13(16)10-11-18(19)20(15)17/h1-12H. The van der Waals surface area contributed by atoms with Crippen molar-refractivity contribution in [3.8, 4) is 0 Å². The van der Waals surface area contributed by atoms with Crippen LogP contribution >= 0.6 is 0 Å². The summed E-state index contributed by atoms with van der Waals surface area (Å²) in [5.74, 6) is 0. The lowest BCUT2D eigenvalue weighted by Gasteiger charge is -1.99. The maximum Gasteiger partial charge on any atom is -0.00264 e. The molecule has 0 fully saturated rings. The van der Waals surface area contributed by atoms with Gasteiger partial charge in [-0.05, 0) is 48.8 Å². The van der Waals surface area contributed by atoms with E-state index in [1.54, 1.807) is 0 Å². The van der Waals surface area contributed by atoms with E-state index in [4.69, 9.17) is 0 Å². The number of fused-ring (bicyclic) bond motifs is 6. The third-order valence-corrected chi connectivity index (χ3v) is 4.39. The van der Waals surface area contributed by atoms with Crippen LogP contribution in [0.3, 0.4) is 0 Å². The van der Waals surface area contributed by atoms with Gasteiger partial charge in [-0.25, -0.2) is 0 Å². The minimum atomic E-state index is 1.31. The molecule has 0 atom stereocenters. The summed E-state index contributed by atoms with van der Waals surface area (Å²) in [7, 11) is 0. The van der Waals surface area contributed by atoms with Crippen molar-refractivity contribution in [2.45, 2.75) is 0 Å². The third-order valence-electron chi connectivity index (χ3n) is 4.39. The van der Waals surface area contributed by atoms with Crippen LogP contribution in [0.2, 0.25) is 0 Å². The van der Waals surface area contributed by atoms with Crippen LogP contribution in [0.1, 0.15) is 11.1 Å². The topological polar surface area (TPSA) is 0 Å². The first-order valence-corrected chi connectivity index (χ1v) is 6.97. The van der Waals surface area contributed by atoms with Crippen LogP contribution in [0.25, 0.3) is 29.0 Å². The molecule has 0 amide bonds. The van der Waals surface area contributed by atoms with E-state index in [9.17, 15) is 0 Å². The van der Waals surface area contributed by atoms with Gasteiger partial charge in [-0.2, -0.15) is 0 Å². The largest absolute Gasteiger partial charge is 0.0616 e. The fourth-order valence-corrected chi connectivity index (χ4v) is 3.47. The Labute approximate surface area is 116 Å². The van der Waals surface area contributed by atoms with Crippen molar-refractivity contribution in [3.05, 3.63) is 86.6 Å². The maximum absolute atomic E-state index is 2.33. The van der Waals surface area contributed by atoms with Crippen LogP contribution in [0.4, 0.5) is 0 Å². The fourth-order valence-electron chi connectivity index (χ4n) is 3.47. The Balaban J connectivity index is 2.16. The molecule has 0 N–H and O–H groups in total. The Kier molecular flexibility index (Phi) is 1.78. The number of hydrogen-bond donors (Lipinski definition) is 0. The zero-order chi connectivity index (χ0) is 13.1. The van der Waals surface area contributed by atoms with Crippen LogP contribution in [0.5, 0.6) is 0 Å². The number of allylic oxidation sites excluding steroid dienone is 1. The number of hydrogen-bond acceptors (Lipinski definition) is 0. The SMILES string of the molecule is C1=Cc2c3c(ccc2=C1)=c1c(ccc2ccccc12)=C3. The predicted molar refractivity (Wildman–Crippen MR) is 84.4 cm³/mol. The first-order valence-electron chi connectivity index (χ1n) is 6.97. The average Bonchev–Trinajstić information content (AvgIpc) is 3.10. The van der Waals surface area contributed by atoms with Crippen molar-refractivity contribution >= 4 is 29.0 Å². The second-order valence-electron chi connectivity index (χ2n) is 5.45. The van der Waals surface area contributed by atoms with Crippen LogP contribution in [0, 0.1) is 10.4 Å². The quantitative estimate of drug-likeness (QED) is 0.451. The van der Waals surface area contributed by atoms with Gasteiger partial charge in [-0.15, -0.1) is 0 Å². The number of rotatable bonds is 0. The molecule has 5 rings (SSSR count). The van der Waals surface area contributed by atoms with Crippen LogP contribution in [-0.4, -0.2) is 0 Å². The summed E-state index contributed by atoms with van der Waals surface area (Å²) >= 11 is 0. The van der Waals surface area contributed by atoms with Crippen LogP contribution < -0.4 is 10.4 Å². The van der Waals surface area contributed by atoms with Gasteiger partial charge in [0, 0.05) is 0 Å². The van der Waals surface area contributed by atoms with E-state index in [0.29, 0.717) is 0 Å². The molecule has 2 aliphatic rings. The maximum atomic E-state index is 2.33. The molecule has 0 radical (unpaired) electrons. The van der Waals surface area contributed by atoms with Gasteiger partial charge in [0.1, 0.15) is 0 Å². The van der Waals surface area contributed by atoms with Gasteiger partial charge < -0.3 is 0 Å². The van der Waals surface area contributed by atoms with Gasteiger partial charge in [-0.1, -0.05) is 66.8 Å². The van der Waals surface area contributed by atoms with Gasteiger partial charge in [0.2, 0.25) is 0 Å². The average molecular weight is 252 g/mol. The molecule has 0 saturated carbocycles. The highest BCUT2D eigenvalue weighted by molar-refractivity contribution is 5.86. The van der Waals surface area contributed by atoms with E-state index >= 15 is 0 Å². The van der Waals surface area contributed by atoms with Crippen LogP contribution in [0.15, 0.2) is 54.6 Å². The van der Waals surface area contributed by atoms with E-state index in [2.05, 4.69) is 72.8 Å². The highest BCUT2D eigenvalue weighted by Crippen LogP contribution is 2.21. The molecule has 0 nitrogen and oxygen atoms in total. The van der Waals surface area contributed by atoms with Crippen molar-refractivity contribution in [3.63, 3.8) is 0 Å². The highest BCUT2D eigenvalue weighted by atomic mass is 14.1. The molecule has 2 aliphatic carbocycles. The van der Waals surface area contributed by atoms with Gasteiger partial charge in [0.15, 0.2) is 0 Å². The van der Waals surface area contributed by atoms with E-state index in [-0.39, 0.29) is 0 Å².